The maximum absolute atomic E-state index is 12.5. The number of aryl methyl sites for hydroxylation is 1. The van der Waals surface area contributed by atoms with Gasteiger partial charge in [0.05, 0.1) is 5.56 Å². The molecule has 0 bridgehead atoms. The number of unbranched alkanes of at least 4 members (excludes halogenated alkanes) is 1. The van der Waals surface area contributed by atoms with Gasteiger partial charge in [0.15, 0.2) is 5.82 Å². The minimum Gasteiger partial charge on any atom is -0.343 e. The summed E-state index contributed by atoms with van der Waals surface area (Å²) in [5.41, 5.74) is 0.782. The van der Waals surface area contributed by atoms with Gasteiger partial charge in [-0.05, 0) is 25.5 Å². The molecule has 2 aromatic rings. The van der Waals surface area contributed by atoms with Crippen LogP contribution in [0, 0.1) is 6.92 Å². The summed E-state index contributed by atoms with van der Waals surface area (Å²) in [6.07, 6.45) is 4.68. The van der Waals surface area contributed by atoms with E-state index in [0.29, 0.717) is 18.3 Å². The van der Waals surface area contributed by atoms with Crippen LogP contribution in [0.25, 0.3) is 11.5 Å². The number of nitrogens with zero attached hydrogens (tertiary/aromatic N) is 5. The van der Waals surface area contributed by atoms with Crippen molar-refractivity contribution in [1.29, 1.82) is 0 Å². The highest BCUT2D eigenvalue weighted by Crippen LogP contribution is 2.24. The van der Waals surface area contributed by atoms with Crippen molar-refractivity contribution in [3.63, 3.8) is 0 Å². The van der Waals surface area contributed by atoms with Crippen molar-refractivity contribution >= 4 is 11.7 Å². The predicted molar refractivity (Wildman–Crippen MR) is 90.6 cm³/mol. The van der Waals surface area contributed by atoms with Crippen molar-refractivity contribution in [3.8, 4) is 11.5 Å². The molecule has 0 spiro atoms. The first-order valence-corrected chi connectivity index (χ1v) is 8.38. The van der Waals surface area contributed by atoms with E-state index >= 15 is 0 Å². The number of likely N-dealkylation sites (N-methyl/N-ethyl adjacent to an activating group) is 1. The molecule has 7 nitrogen and oxygen atoms in total. The molecule has 1 fully saturated rings. The number of hydrogen-bond donors (Lipinski definition) is 0. The van der Waals surface area contributed by atoms with Crippen molar-refractivity contribution in [2.45, 2.75) is 39.2 Å². The summed E-state index contributed by atoms with van der Waals surface area (Å²) in [5.74, 6) is 2.05. The van der Waals surface area contributed by atoms with E-state index in [1.54, 1.807) is 13.1 Å². The molecule has 0 aromatic carbocycles. The highest BCUT2D eigenvalue weighted by molar-refractivity contribution is 5.86. The van der Waals surface area contributed by atoms with Crippen LogP contribution >= 0.6 is 0 Å². The van der Waals surface area contributed by atoms with E-state index in [0.717, 1.165) is 37.2 Å². The Kier molecular flexibility index (Phi) is 4.78. The van der Waals surface area contributed by atoms with Gasteiger partial charge in [0.1, 0.15) is 11.9 Å². The molecule has 2 aromatic heterocycles. The quantitative estimate of drug-likeness (QED) is 0.838. The maximum Gasteiger partial charge on any atom is 0.259 e. The zero-order chi connectivity index (χ0) is 17.1. The molecule has 0 radical (unpaired) electrons. The van der Waals surface area contributed by atoms with E-state index in [2.05, 4.69) is 26.9 Å². The van der Waals surface area contributed by atoms with Gasteiger partial charge in [-0.15, -0.1) is 0 Å². The molecule has 128 valence electrons. The summed E-state index contributed by atoms with van der Waals surface area (Å²) in [6.45, 7) is 5.43. The molecular weight excluding hydrogens is 306 g/mol. The molecule has 7 heteroatoms. The lowest BCUT2D eigenvalue weighted by Gasteiger charge is -2.40. The van der Waals surface area contributed by atoms with Crippen molar-refractivity contribution in [3.05, 3.63) is 24.2 Å². The number of rotatable bonds is 5. The first-order chi connectivity index (χ1) is 11.6. The number of carbonyl (C=O) groups is 1. The molecular formula is C17H23N5O2. The topological polar surface area (TPSA) is 75.4 Å². The Morgan fingerprint density at radius 3 is 2.79 bits per heavy atom. The minimum absolute atomic E-state index is 0.132. The third-order valence-corrected chi connectivity index (χ3v) is 4.36. The van der Waals surface area contributed by atoms with Crippen LogP contribution in [-0.4, -0.2) is 52.1 Å². The van der Waals surface area contributed by atoms with Gasteiger partial charge in [0.2, 0.25) is 5.91 Å². The molecule has 3 rings (SSSR count). The first kappa shape index (κ1) is 16.4. The number of piperazine rings is 1. The number of carbonyl (C=O) groups excluding carboxylic acids is 1. The van der Waals surface area contributed by atoms with Crippen molar-refractivity contribution in [1.82, 2.24) is 20.0 Å². The predicted octanol–water partition coefficient (Wildman–Crippen LogP) is 2.28. The van der Waals surface area contributed by atoms with Crippen LogP contribution in [0.1, 0.15) is 32.0 Å². The van der Waals surface area contributed by atoms with Gasteiger partial charge in [0.25, 0.3) is 5.89 Å². The van der Waals surface area contributed by atoms with Gasteiger partial charge in [-0.2, -0.15) is 4.98 Å². The van der Waals surface area contributed by atoms with Crippen LogP contribution in [0.3, 0.4) is 0 Å². The Morgan fingerprint density at radius 2 is 2.17 bits per heavy atom. The largest absolute Gasteiger partial charge is 0.343 e. The van der Waals surface area contributed by atoms with E-state index in [9.17, 15) is 4.79 Å². The standard InChI is InChI=1S/C17H23N5O2/c1-4-5-6-14-17(23)21(3)9-10-22(14)15-8-7-13(11-18-15)16-19-12(2)20-24-16/h7-8,11,14H,4-6,9-10H2,1-3H3/t14-/m1/s1. The molecule has 1 amide bonds. The third kappa shape index (κ3) is 3.25. The average molecular weight is 329 g/mol. The molecule has 1 aliphatic heterocycles. The summed E-state index contributed by atoms with van der Waals surface area (Å²) in [5, 5.41) is 3.79. The van der Waals surface area contributed by atoms with E-state index in [-0.39, 0.29) is 11.9 Å². The van der Waals surface area contributed by atoms with Gasteiger partial charge in [-0.1, -0.05) is 24.9 Å². The summed E-state index contributed by atoms with van der Waals surface area (Å²) in [7, 11) is 1.87. The van der Waals surface area contributed by atoms with Crippen LogP contribution in [0.2, 0.25) is 0 Å². The monoisotopic (exact) mass is 329 g/mol. The van der Waals surface area contributed by atoms with Gasteiger partial charge in [-0.25, -0.2) is 4.98 Å². The van der Waals surface area contributed by atoms with Crippen LogP contribution < -0.4 is 4.90 Å². The number of hydrogen-bond acceptors (Lipinski definition) is 6. The van der Waals surface area contributed by atoms with Gasteiger partial charge >= 0.3 is 0 Å². The minimum atomic E-state index is -0.132. The molecule has 1 aliphatic rings. The fraction of sp³-hybridized carbons (Fsp3) is 0.529. The Bertz CT molecular complexity index is 697. The second kappa shape index (κ2) is 6.98. The number of aromatic nitrogens is 3. The van der Waals surface area contributed by atoms with E-state index in [1.807, 2.05) is 24.1 Å². The fourth-order valence-corrected chi connectivity index (χ4v) is 2.96. The molecule has 24 heavy (non-hydrogen) atoms. The molecule has 1 saturated heterocycles. The summed E-state index contributed by atoms with van der Waals surface area (Å²) in [6, 6.07) is 3.70. The lowest BCUT2D eigenvalue weighted by Crippen LogP contribution is -2.56. The van der Waals surface area contributed by atoms with E-state index in [1.165, 1.54) is 0 Å². The molecule has 1 atom stereocenters. The summed E-state index contributed by atoms with van der Waals surface area (Å²) < 4.78 is 5.17. The van der Waals surface area contributed by atoms with Gasteiger partial charge in [-0.3, -0.25) is 4.79 Å². The van der Waals surface area contributed by atoms with Crippen LogP contribution in [0.4, 0.5) is 5.82 Å². The highest BCUT2D eigenvalue weighted by atomic mass is 16.5. The smallest absolute Gasteiger partial charge is 0.259 e. The van der Waals surface area contributed by atoms with Gasteiger partial charge < -0.3 is 14.3 Å². The fourth-order valence-electron chi connectivity index (χ4n) is 2.96. The Morgan fingerprint density at radius 1 is 1.33 bits per heavy atom. The van der Waals surface area contributed by atoms with Crippen molar-refractivity contribution in [2.75, 3.05) is 25.0 Å². The zero-order valence-electron chi connectivity index (χ0n) is 14.4. The summed E-state index contributed by atoms with van der Waals surface area (Å²) in [4.78, 5) is 25.2. The zero-order valence-corrected chi connectivity index (χ0v) is 14.4. The Labute approximate surface area is 141 Å². The SMILES string of the molecule is CCCC[C@@H]1C(=O)N(C)CCN1c1ccc(-c2nc(C)no2)cn1. The lowest BCUT2D eigenvalue weighted by atomic mass is 10.0. The van der Waals surface area contributed by atoms with E-state index < -0.39 is 0 Å². The van der Waals surface area contributed by atoms with E-state index in [4.69, 9.17) is 4.52 Å². The van der Waals surface area contributed by atoms with Crippen molar-refractivity contribution < 1.29 is 9.32 Å². The molecule has 0 saturated carbocycles. The number of anilines is 1. The lowest BCUT2D eigenvalue weighted by molar-refractivity contribution is -0.133. The molecule has 3 heterocycles. The Hall–Kier alpha value is -2.44. The molecule has 0 unspecified atom stereocenters. The second-order valence-corrected chi connectivity index (χ2v) is 6.16. The normalized spacial score (nSPS) is 18.3. The van der Waals surface area contributed by atoms with Crippen LogP contribution in [-0.2, 0) is 4.79 Å². The average Bonchev–Trinajstić information content (AvgIpc) is 3.03. The third-order valence-electron chi connectivity index (χ3n) is 4.36. The van der Waals surface area contributed by atoms with Crippen LogP contribution in [0.15, 0.2) is 22.9 Å². The van der Waals surface area contributed by atoms with Crippen molar-refractivity contribution in [2.24, 2.45) is 0 Å². The maximum atomic E-state index is 12.5. The first-order valence-electron chi connectivity index (χ1n) is 8.38. The molecule has 0 aliphatic carbocycles. The Balaban J connectivity index is 1.82. The molecule has 0 N–H and O–H groups in total. The van der Waals surface area contributed by atoms with Crippen LogP contribution in [0.5, 0.6) is 0 Å². The summed E-state index contributed by atoms with van der Waals surface area (Å²) >= 11 is 0. The second-order valence-electron chi connectivity index (χ2n) is 6.16. The van der Waals surface area contributed by atoms with Gasteiger partial charge in [0, 0.05) is 26.3 Å². The number of pyridine rings is 1. The number of amides is 1. The highest BCUT2D eigenvalue weighted by Gasteiger charge is 2.33.